The zero-order valence-electron chi connectivity index (χ0n) is 9.83. The van der Waals surface area contributed by atoms with E-state index in [0.29, 0.717) is 16.3 Å². The van der Waals surface area contributed by atoms with Crippen molar-refractivity contribution in [2.45, 2.75) is 25.5 Å². The van der Waals surface area contributed by atoms with Crippen molar-refractivity contribution in [1.29, 1.82) is 0 Å². The lowest BCUT2D eigenvalue weighted by atomic mass is 10.0. The van der Waals surface area contributed by atoms with Crippen LogP contribution in [0.2, 0.25) is 5.02 Å². The van der Waals surface area contributed by atoms with E-state index < -0.39 is 9.05 Å². The highest BCUT2D eigenvalue weighted by Crippen LogP contribution is 2.33. The predicted molar refractivity (Wildman–Crippen MR) is 70.6 cm³/mol. The lowest BCUT2D eigenvalue weighted by molar-refractivity contribution is 0.414. The minimum absolute atomic E-state index is 0.248. The van der Waals surface area contributed by atoms with E-state index in [0.717, 1.165) is 5.56 Å². The van der Waals surface area contributed by atoms with E-state index in [1.165, 1.54) is 7.11 Å². The third kappa shape index (κ3) is 4.05. The zero-order chi connectivity index (χ0) is 13.2. The highest BCUT2D eigenvalue weighted by Gasteiger charge is 2.16. The smallest absolute Gasteiger partial charge is 0.236 e. The van der Waals surface area contributed by atoms with E-state index >= 15 is 0 Å². The maximum Gasteiger partial charge on any atom is 0.236 e. The van der Waals surface area contributed by atoms with Crippen LogP contribution in [-0.4, -0.2) is 15.5 Å². The Morgan fingerprint density at radius 3 is 2.35 bits per heavy atom. The van der Waals surface area contributed by atoms with Gasteiger partial charge in [-0.3, -0.25) is 0 Å². The Hall–Kier alpha value is -0.450. The van der Waals surface area contributed by atoms with E-state index in [9.17, 15) is 8.42 Å². The van der Waals surface area contributed by atoms with Crippen LogP contribution >= 0.6 is 22.3 Å². The summed E-state index contributed by atoms with van der Waals surface area (Å²) in [6, 6.07) is 3.55. The van der Waals surface area contributed by atoms with Crippen LogP contribution in [-0.2, 0) is 14.8 Å². The van der Waals surface area contributed by atoms with E-state index in [1.807, 2.05) is 13.8 Å². The molecule has 0 aliphatic rings. The highest BCUT2D eigenvalue weighted by atomic mass is 35.7. The van der Waals surface area contributed by atoms with Crippen LogP contribution in [0.15, 0.2) is 12.1 Å². The van der Waals surface area contributed by atoms with Crippen LogP contribution in [0.4, 0.5) is 0 Å². The molecule has 17 heavy (non-hydrogen) atoms. The summed E-state index contributed by atoms with van der Waals surface area (Å²) in [5, 5.41) is 0.293. The van der Waals surface area contributed by atoms with Crippen molar-refractivity contribution in [1.82, 2.24) is 0 Å². The van der Waals surface area contributed by atoms with Gasteiger partial charge in [0.05, 0.1) is 17.9 Å². The lowest BCUT2D eigenvalue weighted by Gasteiger charge is -2.13. The first-order valence-corrected chi connectivity index (χ1v) is 7.89. The van der Waals surface area contributed by atoms with Crippen LogP contribution in [0.1, 0.15) is 30.9 Å². The van der Waals surface area contributed by atoms with Gasteiger partial charge in [-0.1, -0.05) is 31.5 Å². The largest absolute Gasteiger partial charge is 0.495 e. The van der Waals surface area contributed by atoms with Crippen molar-refractivity contribution in [3.63, 3.8) is 0 Å². The Kier molecular flexibility index (Phi) is 4.69. The molecule has 0 saturated heterocycles. The van der Waals surface area contributed by atoms with Gasteiger partial charge in [-0.25, -0.2) is 8.42 Å². The van der Waals surface area contributed by atoms with Gasteiger partial charge < -0.3 is 4.74 Å². The molecule has 0 saturated carbocycles. The van der Waals surface area contributed by atoms with Crippen molar-refractivity contribution in [2.24, 2.45) is 0 Å². The Bertz CT molecular complexity index is 510. The van der Waals surface area contributed by atoms with E-state index in [1.54, 1.807) is 12.1 Å². The van der Waals surface area contributed by atoms with Gasteiger partial charge >= 0.3 is 0 Å². The van der Waals surface area contributed by atoms with Gasteiger partial charge in [0, 0.05) is 10.7 Å². The molecule has 96 valence electrons. The fourth-order valence-corrected chi connectivity index (χ4v) is 2.74. The first-order valence-electron chi connectivity index (χ1n) is 5.03. The number of halogens is 2. The summed E-state index contributed by atoms with van der Waals surface area (Å²) in [4.78, 5) is 0. The van der Waals surface area contributed by atoms with E-state index in [-0.39, 0.29) is 11.7 Å². The second-order valence-corrected chi connectivity index (χ2v) is 7.19. The number of benzene rings is 1. The molecule has 0 bridgehead atoms. The van der Waals surface area contributed by atoms with Crippen molar-refractivity contribution < 1.29 is 13.2 Å². The standard InChI is InChI=1S/C11H14Cl2O3S/c1-7(2)8-4-9(6-17(13,14)15)11(12)10(5-8)16-3/h4-5,7H,6H2,1-3H3. The van der Waals surface area contributed by atoms with Crippen molar-refractivity contribution in [2.75, 3.05) is 7.11 Å². The number of rotatable bonds is 4. The molecule has 0 heterocycles. The van der Waals surface area contributed by atoms with Crippen LogP contribution in [0.25, 0.3) is 0 Å². The number of methoxy groups -OCH3 is 1. The molecule has 0 unspecified atom stereocenters. The molecule has 0 aliphatic carbocycles. The average Bonchev–Trinajstić information content (AvgIpc) is 2.18. The summed E-state index contributed by atoms with van der Waals surface area (Å²) >= 11 is 6.04. The molecule has 0 N–H and O–H groups in total. The Morgan fingerprint density at radius 2 is 1.94 bits per heavy atom. The second kappa shape index (κ2) is 5.46. The number of ether oxygens (including phenoxy) is 1. The number of hydrogen-bond acceptors (Lipinski definition) is 3. The van der Waals surface area contributed by atoms with Gasteiger partial charge in [-0.2, -0.15) is 0 Å². The summed E-state index contributed by atoms with van der Waals surface area (Å²) in [6.07, 6.45) is 0. The minimum atomic E-state index is -3.63. The molecule has 3 nitrogen and oxygen atoms in total. The Balaban J connectivity index is 3.32. The normalized spacial score (nSPS) is 11.9. The van der Waals surface area contributed by atoms with Crippen molar-refractivity contribution in [3.05, 3.63) is 28.3 Å². The molecular formula is C11H14Cl2O3S. The minimum Gasteiger partial charge on any atom is -0.495 e. The zero-order valence-corrected chi connectivity index (χ0v) is 12.2. The molecule has 0 spiro atoms. The summed E-state index contributed by atoms with van der Waals surface area (Å²) in [5.41, 5.74) is 1.42. The Morgan fingerprint density at radius 1 is 1.35 bits per heavy atom. The van der Waals surface area contributed by atoms with Gasteiger partial charge in [0.1, 0.15) is 5.75 Å². The second-order valence-electron chi connectivity index (χ2n) is 4.03. The van der Waals surface area contributed by atoms with Crippen LogP contribution in [0.3, 0.4) is 0 Å². The molecule has 1 rings (SSSR count). The van der Waals surface area contributed by atoms with Gasteiger partial charge in [0.15, 0.2) is 0 Å². The van der Waals surface area contributed by atoms with Crippen LogP contribution < -0.4 is 4.74 Å². The molecule has 1 aromatic carbocycles. The summed E-state index contributed by atoms with van der Waals surface area (Å²) in [7, 11) is 3.10. The molecule has 0 aliphatic heterocycles. The summed E-state index contributed by atoms with van der Waals surface area (Å²) < 4.78 is 27.3. The van der Waals surface area contributed by atoms with E-state index in [4.69, 9.17) is 27.0 Å². The topological polar surface area (TPSA) is 43.4 Å². The quantitative estimate of drug-likeness (QED) is 0.798. The third-order valence-corrected chi connectivity index (χ3v) is 3.76. The van der Waals surface area contributed by atoms with Crippen LogP contribution in [0, 0.1) is 0 Å². The van der Waals surface area contributed by atoms with Crippen LogP contribution in [0.5, 0.6) is 5.75 Å². The monoisotopic (exact) mass is 296 g/mol. The summed E-state index contributed by atoms with van der Waals surface area (Å²) in [5.74, 6) is 0.413. The number of hydrogen-bond donors (Lipinski definition) is 0. The first-order chi connectivity index (χ1) is 7.74. The van der Waals surface area contributed by atoms with E-state index in [2.05, 4.69) is 0 Å². The molecule has 0 fully saturated rings. The molecule has 0 atom stereocenters. The molecule has 0 amide bonds. The molecule has 1 aromatic rings. The van der Waals surface area contributed by atoms with Crippen molar-refractivity contribution >= 4 is 31.3 Å². The maximum atomic E-state index is 11.1. The molecule has 6 heteroatoms. The first kappa shape index (κ1) is 14.6. The van der Waals surface area contributed by atoms with Gasteiger partial charge in [0.2, 0.25) is 9.05 Å². The third-order valence-electron chi connectivity index (χ3n) is 2.35. The molecule has 0 radical (unpaired) electrons. The van der Waals surface area contributed by atoms with Gasteiger partial charge in [-0.15, -0.1) is 0 Å². The van der Waals surface area contributed by atoms with Gasteiger partial charge in [0.25, 0.3) is 0 Å². The maximum absolute atomic E-state index is 11.1. The Labute approximate surface area is 111 Å². The summed E-state index contributed by atoms with van der Waals surface area (Å²) in [6.45, 7) is 4.00. The fourth-order valence-electron chi connectivity index (χ4n) is 1.45. The fraction of sp³-hybridized carbons (Fsp3) is 0.455. The SMILES string of the molecule is COc1cc(C(C)C)cc(CS(=O)(=O)Cl)c1Cl. The predicted octanol–water partition coefficient (Wildman–Crippen LogP) is 3.54. The molecule has 0 aromatic heterocycles. The van der Waals surface area contributed by atoms with Gasteiger partial charge in [-0.05, 0) is 23.1 Å². The average molecular weight is 297 g/mol. The molecular weight excluding hydrogens is 283 g/mol. The van der Waals surface area contributed by atoms with Crippen molar-refractivity contribution in [3.8, 4) is 5.75 Å². The lowest BCUT2D eigenvalue weighted by Crippen LogP contribution is -2.00. The highest BCUT2D eigenvalue weighted by molar-refractivity contribution is 8.13.